The summed E-state index contributed by atoms with van der Waals surface area (Å²) in [6.45, 7) is 1.69. The normalized spacial score (nSPS) is 21.6. The first-order chi connectivity index (χ1) is 18.6. The number of ketones is 3. The average Bonchev–Trinajstić information content (AvgIpc) is 3.62. The Kier molecular flexibility index (Phi) is 6.79. The number of rotatable bonds is 6. The fraction of sp³-hybridized carbons (Fsp3) is 0.375. The second kappa shape index (κ2) is 10.5. The molecular formula is C32H32N2O4. The number of benzene rings is 2. The second-order valence-electron chi connectivity index (χ2n) is 10.7. The van der Waals surface area contributed by atoms with Crippen molar-refractivity contribution in [2.24, 2.45) is 0 Å². The SMILES string of the molecule is O=C1CC(c2ccccc2)CC(=O)C1=C(CCc1noc2c1C(=O)CC(c1ccccc1)C2)N1CCCC1. The van der Waals surface area contributed by atoms with Gasteiger partial charge in [0, 0.05) is 44.5 Å². The van der Waals surface area contributed by atoms with Gasteiger partial charge in [0.05, 0.1) is 16.8 Å². The lowest BCUT2D eigenvalue weighted by molar-refractivity contribution is -0.124. The van der Waals surface area contributed by atoms with E-state index in [1.54, 1.807) is 0 Å². The molecule has 0 spiro atoms. The summed E-state index contributed by atoms with van der Waals surface area (Å²) in [7, 11) is 0. The number of carbonyl (C=O) groups is 3. The smallest absolute Gasteiger partial charge is 0.168 e. The molecule has 2 fully saturated rings. The van der Waals surface area contributed by atoms with Gasteiger partial charge in [-0.25, -0.2) is 0 Å². The third-order valence-corrected chi connectivity index (χ3v) is 8.31. The Bertz CT molecular complexity index is 1360. The van der Waals surface area contributed by atoms with Gasteiger partial charge < -0.3 is 9.42 Å². The van der Waals surface area contributed by atoms with E-state index in [1.165, 1.54) is 0 Å². The molecule has 6 nitrogen and oxygen atoms in total. The summed E-state index contributed by atoms with van der Waals surface area (Å²) in [5.74, 6) is 0.590. The van der Waals surface area contributed by atoms with Gasteiger partial charge >= 0.3 is 0 Å². The fourth-order valence-electron chi connectivity index (χ4n) is 6.40. The largest absolute Gasteiger partial charge is 0.374 e. The van der Waals surface area contributed by atoms with Crippen LogP contribution in [0.2, 0.25) is 0 Å². The van der Waals surface area contributed by atoms with Gasteiger partial charge in [0.15, 0.2) is 17.3 Å². The lowest BCUT2D eigenvalue weighted by Crippen LogP contribution is -2.31. The van der Waals surface area contributed by atoms with Gasteiger partial charge in [0.25, 0.3) is 0 Å². The predicted octanol–water partition coefficient (Wildman–Crippen LogP) is 5.59. The minimum Gasteiger partial charge on any atom is -0.374 e. The minimum absolute atomic E-state index is 0.0576. The fourth-order valence-corrected chi connectivity index (χ4v) is 6.40. The van der Waals surface area contributed by atoms with Crippen molar-refractivity contribution in [2.45, 2.75) is 63.2 Å². The highest BCUT2D eigenvalue weighted by Crippen LogP contribution is 2.37. The monoisotopic (exact) mass is 508 g/mol. The van der Waals surface area contributed by atoms with Crippen LogP contribution in [0.15, 0.2) is 76.5 Å². The Labute approximate surface area is 222 Å². The summed E-state index contributed by atoms with van der Waals surface area (Å²) < 4.78 is 5.68. The van der Waals surface area contributed by atoms with Gasteiger partial charge in [-0.15, -0.1) is 0 Å². The zero-order chi connectivity index (χ0) is 26.1. The Balaban J connectivity index is 1.24. The number of aryl methyl sites for hydroxylation is 1. The van der Waals surface area contributed by atoms with Crippen molar-refractivity contribution in [2.75, 3.05) is 13.1 Å². The van der Waals surface area contributed by atoms with E-state index in [1.807, 2.05) is 48.5 Å². The molecule has 1 unspecified atom stereocenters. The first-order valence-corrected chi connectivity index (χ1v) is 13.7. The number of aromatic nitrogens is 1. The Morgan fingerprint density at radius 1 is 0.763 bits per heavy atom. The number of nitrogens with zero attached hydrogens (tertiary/aromatic N) is 2. The summed E-state index contributed by atoms with van der Waals surface area (Å²) in [6.07, 6.45) is 4.84. The molecule has 3 aliphatic rings. The summed E-state index contributed by atoms with van der Waals surface area (Å²) >= 11 is 0. The number of fused-ring (bicyclic) bond motifs is 1. The molecule has 38 heavy (non-hydrogen) atoms. The molecule has 0 bridgehead atoms. The molecule has 2 heterocycles. The van der Waals surface area contributed by atoms with Crippen molar-refractivity contribution in [1.29, 1.82) is 0 Å². The van der Waals surface area contributed by atoms with Gasteiger partial charge in [0.1, 0.15) is 5.76 Å². The molecule has 6 rings (SSSR count). The number of allylic oxidation sites excluding steroid dienone is 2. The molecular weight excluding hydrogens is 476 g/mol. The van der Waals surface area contributed by atoms with E-state index in [9.17, 15) is 14.4 Å². The van der Waals surface area contributed by atoms with Crippen molar-refractivity contribution in [3.63, 3.8) is 0 Å². The van der Waals surface area contributed by atoms with Gasteiger partial charge in [-0.3, -0.25) is 14.4 Å². The average molecular weight is 509 g/mol. The summed E-state index contributed by atoms with van der Waals surface area (Å²) in [5.41, 5.74) is 4.62. The first-order valence-electron chi connectivity index (χ1n) is 13.7. The van der Waals surface area contributed by atoms with E-state index < -0.39 is 0 Å². The van der Waals surface area contributed by atoms with E-state index in [4.69, 9.17) is 4.52 Å². The van der Waals surface area contributed by atoms with Crippen LogP contribution in [0.1, 0.15) is 83.3 Å². The third-order valence-electron chi connectivity index (χ3n) is 8.31. The highest BCUT2D eigenvalue weighted by molar-refractivity contribution is 6.22. The number of hydrogen-bond acceptors (Lipinski definition) is 6. The van der Waals surface area contributed by atoms with Crippen molar-refractivity contribution in [3.8, 4) is 0 Å². The molecule has 1 atom stereocenters. The maximum Gasteiger partial charge on any atom is 0.168 e. The molecule has 1 saturated carbocycles. The van der Waals surface area contributed by atoms with Crippen LogP contribution in [0, 0.1) is 0 Å². The van der Waals surface area contributed by atoms with Gasteiger partial charge in [0.2, 0.25) is 0 Å². The van der Waals surface area contributed by atoms with Crippen molar-refractivity contribution < 1.29 is 18.9 Å². The third kappa shape index (κ3) is 4.75. The minimum atomic E-state index is -0.0717. The van der Waals surface area contributed by atoms with Gasteiger partial charge in [-0.05, 0) is 48.6 Å². The van der Waals surface area contributed by atoms with Gasteiger partial charge in [-0.2, -0.15) is 0 Å². The maximum absolute atomic E-state index is 13.4. The Hall–Kier alpha value is -3.80. The summed E-state index contributed by atoms with van der Waals surface area (Å²) in [4.78, 5) is 42.2. The van der Waals surface area contributed by atoms with Gasteiger partial charge in [-0.1, -0.05) is 65.8 Å². The van der Waals surface area contributed by atoms with Crippen molar-refractivity contribution in [3.05, 3.63) is 100 Å². The highest BCUT2D eigenvalue weighted by atomic mass is 16.5. The highest BCUT2D eigenvalue weighted by Gasteiger charge is 2.36. The molecule has 2 aliphatic carbocycles. The maximum atomic E-state index is 13.4. The van der Waals surface area contributed by atoms with Crippen LogP contribution >= 0.6 is 0 Å². The molecule has 1 saturated heterocycles. The van der Waals surface area contributed by atoms with Crippen LogP contribution in [-0.4, -0.2) is 40.5 Å². The molecule has 194 valence electrons. The van der Waals surface area contributed by atoms with Crippen LogP contribution in [0.5, 0.6) is 0 Å². The standard InChI is InChI=1S/C32H32N2O4/c35-27-19-24(22-11-5-2-6-12-22)20-30-31(27)25(33-38-30)13-14-26(34-15-7-8-16-34)32-28(36)17-23(18-29(32)37)21-9-3-1-4-10-21/h1-6,9-12,23-24H,7-8,13-20H2. The number of hydrogen-bond donors (Lipinski definition) is 0. The number of carbonyl (C=O) groups excluding carboxylic acids is 3. The second-order valence-corrected chi connectivity index (χ2v) is 10.7. The van der Waals surface area contributed by atoms with Crippen molar-refractivity contribution in [1.82, 2.24) is 10.1 Å². The molecule has 0 radical (unpaired) electrons. The molecule has 3 aromatic rings. The molecule has 0 N–H and O–H groups in total. The molecule has 0 amide bonds. The van der Waals surface area contributed by atoms with Crippen LogP contribution in [-0.2, 0) is 22.4 Å². The Morgan fingerprint density at radius 2 is 1.32 bits per heavy atom. The molecule has 2 aromatic carbocycles. The summed E-state index contributed by atoms with van der Waals surface area (Å²) in [5, 5.41) is 4.30. The Morgan fingerprint density at radius 3 is 1.92 bits per heavy atom. The van der Waals surface area contributed by atoms with Crippen molar-refractivity contribution >= 4 is 17.3 Å². The number of likely N-dealkylation sites (tertiary alicyclic amines) is 1. The van der Waals surface area contributed by atoms with Crippen LogP contribution in [0.4, 0.5) is 0 Å². The van der Waals surface area contributed by atoms with Crippen LogP contribution < -0.4 is 0 Å². The number of Topliss-reactive ketones (excluding diaryl/α,β-unsaturated/α-hetero) is 3. The molecule has 1 aromatic heterocycles. The lowest BCUT2D eigenvalue weighted by Gasteiger charge is -2.29. The van der Waals surface area contributed by atoms with Crippen LogP contribution in [0.3, 0.4) is 0 Å². The summed E-state index contributed by atoms with van der Waals surface area (Å²) in [6, 6.07) is 19.9. The van der Waals surface area contributed by atoms with E-state index in [-0.39, 0.29) is 29.2 Å². The first kappa shape index (κ1) is 24.5. The van der Waals surface area contributed by atoms with E-state index >= 15 is 0 Å². The molecule has 6 heteroatoms. The quantitative estimate of drug-likeness (QED) is 0.319. The zero-order valence-electron chi connectivity index (χ0n) is 21.5. The van der Waals surface area contributed by atoms with E-state index in [2.05, 4.69) is 22.2 Å². The topological polar surface area (TPSA) is 80.5 Å². The zero-order valence-corrected chi connectivity index (χ0v) is 21.5. The predicted molar refractivity (Wildman–Crippen MR) is 143 cm³/mol. The lowest BCUT2D eigenvalue weighted by atomic mass is 9.78. The van der Waals surface area contributed by atoms with Crippen LogP contribution in [0.25, 0.3) is 0 Å². The molecule has 1 aliphatic heterocycles. The van der Waals surface area contributed by atoms with E-state index in [0.29, 0.717) is 61.1 Å². The van der Waals surface area contributed by atoms with E-state index in [0.717, 1.165) is 42.8 Å².